The number of hydrogen-bond donors (Lipinski definition) is 0. The number of halogens is 4. The van der Waals surface area contributed by atoms with Crippen LogP contribution in [0.2, 0.25) is 0 Å². The van der Waals surface area contributed by atoms with Crippen LogP contribution in [0, 0.1) is 0 Å². The van der Waals surface area contributed by atoms with Gasteiger partial charge in [0, 0.05) is 20.5 Å². The van der Waals surface area contributed by atoms with Crippen molar-refractivity contribution < 1.29 is 0 Å². The molecule has 0 aliphatic rings. The zero-order valence-corrected chi connectivity index (χ0v) is 13.1. The molecule has 0 fully saturated rings. The van der Waals surface area contributed by atoms with Gasteiger partial charge in [-0.1, -0.05) is 75.9 Å². The molecule has 1 rings (SSSR count). The molecule has 0 nitrogen and oxygen atoms in total. The number of hydrogen-bond acceptors (Lipinski definition) is 0. The Morgan fingerprint density at radius 2 is 1.31 bits per heavy atom. The summed E-state index contributed by atoms with van der Waals surface area (Å²) in [5.41, 5.74) is 3.91. The Balaban J connectivity index is 3.20. The van der Waals surface area contributed by atoms with Crippen LogP contribution in [0.15, 0.2) is 16.6 Å². The van der Waals surface area contributed by atoms with Crippen molar-refractivity contribution in [1.82, 2.24) is 0 Å². The summed E-state index contributed by atoms with van der Waals surface area (Å²) in [5.74, 6) is 0. The molecule has 13 heavy (non-hydrogen) atoms. The van der Waals surface area contributed by atoms with Crippen molar-refractivity contribution in [2.45, 2.75) is 16.0 Å². The number of alkyl halides is 3. The predicted molar refractivity (Wildman–Crippen MR) is 72.0 cm³/mol. The van der Waals surface area contributed by atoms with Gasteiger partial charge in [0.25, 0.3) is 0 Å². The van der Waals surface area contributed by atoms with Gasteiger partial charge < -0.3 is 0 Å². The summed E-state index contributed by atoms with van der Waals surface area (Å²) in [5, 5.41) is 2.67. The molecule has 1 aromatic rings. The summed E-state index contributed by atoms with van der Waals surface area (Å²) in [7, 11) is 0. The van der Waals surface area contributed by atoms with Gasteiger partial charge >= 0.3 is 0 Å². The van der Waals surface area contributed by atoms with Crippen LogP contribution in [0.25, 0.3) is 0 Å². The summed E-state index contributed by atoms with van der Waals surface area (Å²) >= 11 is 14.0. The summed E-state index contributed by atoms with van der Waals surface area (Å²) in [6.45, 7) is 0. The quantitative estimate of drug-likeness (QED) is 0.577. The maximum atomic E-state index is 3.59. The molecule has 0 atom stereocenters. The van der Waals surface area contributed by atoms with Gasteiger partial charge in [0.2, 0.25) is 0 Å². The summed E-state index contributed by atoms with van der Waals surface area (Å²) < 4.78 is 1.20. The van der Waals surface area contributed by atoms with E-state index in [1.54, 1.807) is 0 Å². The lowest BCUT2D eigenvalue weighted by atomic mass is 10.1. The Hall–Kier alpha value is 1.14. The highest BCUT2D eigenvalue weighted by molar-refractivity contribution is 9.11. The molecule has 0 N–H and O–H groups in total. The van der Waals surface area contributed by atoms with Crippen LogP contribution in [0.1, 0.15) is 16.7 Å². The molecule has 0 aromatic heterocycles. The lowest BCUT2D eigenvalue weighted by molar-refractivity contribution is 1.26. The lowest BCUT2D eigenvalue weighted by Crippen LogP contribution is -1.91. The Morgan fingerprint density at radius 1 is 0.846 bits per heavy atom. The maximum Gasteiger partial charge on any atom is 0.0294 e. The third-order valence-corrected chi connectivity index (χ3v) is 4.60. The van der Waals surface area contributed by atoms with E-state index in [-0.39, 0.29) is 0 Å². The van der Waals surface area contributed by atoms with Crippen LogP contribution in [0.4, 0.5) is 0 Å². The standard InChI is InChI=1S/C9H8Br4/c10-3-6-1-7(4-11)9(13)8(2-6)5-12/h1-2H,3-5H2. The molecule has 0 aliphatic heterocycles. The van der Waals surface area contributed by atoms with Crippen molar-refractivity contribution >= 4 is 63.7 Å². The van der Waals surface area contributed by atoms with Gasteiger partial charge in [-0.05, 0) is 16.7 Å². The van der Waals surface area contributed by atoms with Gasteiger partial charge in [-0.3, -0.25) is 0 Å². The number of rotatable bonds is 3. The second-order valence-corrected chi connectivity index (χ2v) is 5.10. The molecule has 72 valence electrons. The van der Waals surface area contributed by atoms with Crippen molar-refractivity contribution in [1.29, 1.82) is 0 Å². The van der Waals surface area contributed by atoms with Crippen molar-refractivity contribution in [3.05, 3.63) is 33.3 Å². The highest BCUT2D eigenvalue weighted by atomic mass is 79.9. The summed E-state index contributed by atoms with van der Waals surface area (Å²) in [6, 6.07) is 4.39. The zero-order chi connectivity index (χ0) is 9.84. The first kappa shape index (κ1) is 12.2. The molecule has 0 amide bonds. The van der Waals surface area contributed by atoms with Crippen LogP contribution in [-0.4, -0.2) is 0 Å². The molecular formula is C9H8Br4. The average Bonchev–Trinajstić information content (AvgIpc) is 2.18. The third kappa shape index (κ3) is 3.05. The van der Waals surface area contributed by atoms with Crippen molar-refractivity contribution in [3.63, 3.8) is 0 Å². The molecule has 0 spiro atoms. The highest BCUT2D eigenvalue weighted by Crippen LogP contribution is 2.28. The fourth-order valence-electron chi connectivity index (χ4n) is 1.09. The highest BCUT2D eigenvalue weighted by Gasteiger charge is 2.06. The van der Waals surface area contributed by atoms with Gasteiger partial charge in [-0.15, -0.1) is 0 Å². The van der Waals surface area contributed by atoms with E-state index < -0.39 is 0 Å². The second-order valence-electron chi connectivity index (χ2n) is 2.63. The van der Waals surface area contributed by atoms with Crippen molar-refractivity contribution in [3.8, 4) is 0 Å². The fourth-order valence-corrected chi connectivity index (χ4v) is 3.56. The Kier molecular flexibility index (Phi) is 5.53. The molecule has 1 aromatic carbocycles. The number of benzene rings is 1. The minimum Gasteiger partial charge on any atom is -0.0876 e. The molecule has 0 bridgehead atoms. The van der Waals surface area contributed by atoms with Gasteiger partial charge in [0.1, 0.15) is 0 Å². The first-order valence-electron chi connectivity index (χ1n) is 3.71. The van der Waals surface area contributed by atoms with Gasteiger partial charge in [-0.25, -0.2) is 0 Å². The molecular weight excluding hydrogens is 428 g/mol. The smallest absolute Gasteiger partial charge is 0.0294 e. The summed E-state index contributed by atoms with van der Waals surface area (Å²) in [6.07, 6.45) is 0. The van der Waals surface area contributed by atoms with E-state index in [4.69, 9.17) is 0 Å². The van der Waals surface area contributed by atoms with Crippen LogP contribution in [0.5, 0.6) is 0 Å². The molecule has 0 heterocycles. The fraction of sp³-hybridized carbons (Fsp3) is 0.333. The van der Waals surface area contributed by atoms with Gasteiger partial charge in [0.15, 0.2) is 0 Å². The first-order valence-corrected chi connectivity index (χ1v) is 7.86. The van der Waals surface area contributed by atoms with Crippen LogP contribution in [0.3, 0.4) is 0 Å². The SMILES string of the molecule is BrCc1cc(CBr)c(Br)c(CBr)c1. The third-order valence-electron chi connectivity index (χ3n) is 1.73. The Labute approximate surface area is 112 Å². The van der Waals surface area contributed by atoms with Gasteiger partial charge in [0.05, 0.1) is 0 Å². The van der Waals surface area contributed by atoms with Crippen LogP contribution < -0.4 is 0 Å². The van der Waals surface area contributed by atoms with E-state index >= 15 is 0 Å². The molecule has 0 unspecified atom stereocenters. The zero-order valence-electron chi connectivity index (χ0n) is 6.79. The van der Waals surface area contributed by atoms with Crippen LogP contribution in [-0.2, 0) is 16.0 Å². The van der Waals surface area contributed by atoms with Crippen LogP contribution >= 0.6 is 63.7 Å². The Morgan fingerprint density at radius 3 is 1.62 bits per heavy atom. The molecule has 0 aliphatic carbocycles. The molecule has 0 radical (unpaired) electrons. The van der Waals surface area contributed by atoms with E-state index in [1.165, 1.54) is 21.2 Å². The van der Waals surface area contributed by atoms with E-state index in [0.717, 1.165) is 16.0 Å². The van der Waals surface area contributed by atoms with E-state index in [9.17, 15) is 0 Å². The largest absolute Gasteiger partial charge is 0.0876 e. The molecule has 4 heteroatoms. The lowest BCUT2D eigenvalue weighted by Gasteiger charge is -2.08. The monoisotopic (exact) mass is 432 g/mol. The van der Waals surface area contributed by atoms with E-state index in [2.05, 4.69) is 75.9 Å². The first-order chi connectivity index (χ1) is 6.22. The van der Waals surface area contributed by atoms with Gasteiger partial charge in [-0.2, -0.15) is 0 Å². The topological polar surface area (TPSA) is 0 Å². The minimum atomic E-state index is 0.883. The molecule has 0 saturated carbocycles. The Bertz CT molecular complexity index is 271. The molecule has 0 saturated heterocycles. The van der Waals surface area contributed by atoms with E-state index in [1.807, 2.05) is 0 Å². The van der Waals surface area contributed by atoms with Crippen molar-refractivity contribution in [2.24, 2.45) is 0 Å². The summed E-state index contributed by atoms with van der Waals surface area (Å²) in [4.78, 5) is 0. The predicted octanol–water partition coefficient (Wildman–Crippen LogP) is 5.13. The second kappa shape index (κ2) is 5.89. The van der Waals surface area contributed by atoms with E-state index in [0.29, 0.717) is 0 Å². The van der Waals surface area contributed by atoms with Crippen molar-refractivity contribution in [2.75, 3.05) is 0 Å². The average molecular weight is 436 g/mol. The minimum absolute atomic E-state index is 0.883. The normalized spacial score (nSPS) is 10.5. The maximum absolute atomic E-state index is 3.59.